The maximum atomic E-state index is 11.3. The molecule has 0 aromatic heterocycles. The number of rotatable bonds is 7. The Labute approximate surface area is 114 Å². The summed E-state index contributed by atoms with van der Waals surface area (Å²) >= 11 is 0. The van der Waals surface area contributed by atoms with E-state index in [0.29, 0.717) is 25.3 Å². The van der Waals surface area contributed by atoms with Crippen molar-refractivity contribution in [3.63, 3.8) is 0 Å². The number of sulfone groups is 1. The molecule has 0 radical (unpaired) electrons. The molecule has 0 heterocycles. The minimum Gasteiger partial charge on any atom is -0.384 e. The molecule has 1 aromatic carbocycles. The topological polar surface area (TPSA) is 75.6 Å². The lowest BCUT2D eigenvalue weighted by atomic mass is 9.96. The Morgan fingerprint density at radius 3 is 2.37 bits per heavy atom. The van der Waals surface area contributed by atoms with Gasteiger partial charge in [0.15, 0.2) is 9.84 Å². The van der Waals surface area contributed by atoms with Crippen LogP contribution in [0.3, 0.4) is 0 Å². The molecule has 0 spiro atoms. The summed E-state index contributed by atoms with van der Waals surface area (Å²) in [5.41, 5.74) is -0.381. The van der Waals surface area contributed by atoms with Crippen molar-refractivity contribution in [3.05, 3.63) is 29.8 Å². The van der Waals surface area contributed by atoms with Gasteiger partial charge in [-0.3, -0.25) is 0 Å². The first-order valence-electron chi connectivity index (χ1n) is 6.00. The Kier molecular flexibility index (Phi) is 5.49. The van der Waals surface area contributed by atoms with Gasteiger partial charge in [0.2, 0.25) is 0 Å². The van der Waals surface area contributed by atoms with Gasteiger partial charge in [0.25, 0.3) is 0 Å². The van der Waals surface area contributed by atoms with E-state index in [2.05, 4.69) is 5.32 Å². The second-order valence-corrected chi connectivity index (χ2v) is 6.76. The van der Waals surface area contributed by atoms with Crippen LogP contribution in [0.2, 0.25) is 0 Å². The van der Waals surface area contributed by atoms with Crippen molar-refractivity contribution in [1.82, 2.24) is 5.32 Å². The van der Waals surface area contributed by atoms with E-state index in [1.54, 1.807) is 26.2 Å². The molecular formula is C13H21NO4S. The molecule has 0 amide bonds. The molecule has 19 heavy (non-hydrogen) atoms. The van der Waals surface area contributed by atoms with Crippen LogP contribution in [-0.2, 0) is 20.2 Å². The van der Waals surface area contributed by atoms with Crippen molar-refractivity contribution in [2.75, 3.05) is 33.1 Å². The summed E-state index contributed by atoms with van der Waals surface area (Å²) in [6.45, 7) is 3.27. The first-order valence-corrected chi connectivity index (χ1v) is 7.89. The average Bonchev–Trinajstić information content (AvgIpc) is 2.34. The zero-order chi connectivity index (χ0) is 14.5. The molecule has 0 saturated carbocycles. The first-order chi connectivity index (χ1) is 8.77. The molecule has 1 rings (SSSR count). The van der Waals surface area contributed by atoms with E-state index in [9.17, 15) is 13.5 Å². The van der Waals surface area contributed by atoms with Crippen molar-refractivity contribution in [1.29, 1.82) is 0 Å². The Balaban J connectivity index is 2.73. The summed E-state index contributed by atoms with van der Waals surface area (Å²) < 4.78 is 27.6. The summed E-state index contributed by atoms with van der Waals surface area (Å²) in [6.07, 6.45) is 1.16. The van der Waals surface area contributed by atoms with E-state index >= 15 is 0 Å². The van der Waals surface area contributed by atoms with Crippen molar-refractivity contribution >= 4 is 9.84 Å². The third-order valence-corrected chi connectivity index (χ3v) is 3.99. The molecule has 0 bridgehead atoms. The van der Waals surface area contributed by atoms with E-state index in [1.165, 1.54) is 12.1 Å². The van der Waals surface area contributed by atoms with Crippen molar-refractivity contribution in [2.24, 2.45) is 0 Å². The van der Waals surface area contributed by atoms with E-state index < -0.39 is 15.4 Å². The molecule has 0 aliphatic rings. The molecule has 0 fully saturated rings. The second kappa shape index (κ2) is 6.47. The molecule has 1 aromatic rings. The van der Waals surface area contributed by atoms with Gasteiger partial charge in [-0.1, -0.05) is 12.1 Å². The number of hydrogen-bond donors (Lipinski definition) is 2. The van der Waals surface area contributed by atoms with Gasteiger partial charge in [-0.15, -0.1) is 0 Å². The average molecular weight is 287 g/mol. The molecule has 2 N–H and O–H groups in total. The van der Waals surface area contributed by atoms with Crippen LogP contribution in [0.15, 0.2) is 29.2 Å². The van der Waals surface area contributed by atoms with Gasteiger partial charge in [-0.25, -0.2) is 8.42 Å². The Morgan fingerprint density at radius 1 is 1.32 bits per heavy atom. The Bertz CT molecular complexity index is 494. The highest BCUT2D eigenvalue weighted by Gasteiger charge is 2.22. The highest BCUT2D eigenvalue weighted by atomic mass is 32.2. The minimum atomic E-state index is -3.20. The Morgan fingerprint density at radius 2 is 1.89 bits per heavy atom. The highest BCUT2D eigenvalue weighted by molar-refractivity contribution is 7.90. The van der Waals surface area contributed by atoms with Gasteiger partial charge in [0.05, 0.1) is 17.1 Å². The summed E-state index contributed by atoms with van der Waals surface area (Å²) in [7, 11) is -1.59. The van der Waals surface area contributed by atoms with Crippen molar-refractivity contribution in [2.45, 2.75) is 17.4 Å². The van der Waals surface area contributed by atoms with Gasteiger partial charge >= 0.3 is 0 Å². The minimum absolute atomic E-state index is 0.249. The maximum absolute atomic E-state index is 11.3. The molecule has 108 valence electrons. The zero-order valence-corrected chi connectivity index (χ0v) is 12.3. The van der Waals surface area contributed by atoms with Gasteiger partial charge < -0.3 is 15.2 Å². The number of aliphatic hydroxyl groups is 1. The van der Waals surface area contributed by atoms with Crippen LogP contribution >= 0.6 is 0 Å². The third-order valence-electron chi connectivity index (χ3n) is 2.86. The van der Waals surface area contributed by atoms with Crippen LogP contribution in [-0.4, -0.2) is 46.6 Å². The predicted octanol–water partition coefficient (Wildman–Crippen LogP) is 0.534. The highest BCUT2D eigenvalue weighted by Crippen LogP contribution is 2.21. The van der Waals surface area contributed by atoms with Crippen LogP contribution in [0.25, 0.3) is 0 Å². The lowest BCUT2D eigenvalue weighted by Crippen LogP contribution is -2.36. The Hall–Kier alpha value is -0.950. The molecule has 5 nitrogen and oxygen atoms in total. The largest absolute Gasteiger partial charge is 0.384 e. The monoisotopic (exact) mass is 287 g/mol. The molecule has 1 atom stereocenters. The fourth-order valence-corrected chi connectivity index (χ4v) is 2.30. The van der Waals surface area contributed by atoms with Crippen LogP contribution < -0.4 is 5.32 Å². The van der Waals surface area contributed by atoms with Crippen LogP contribution in [0.1, 0.15) is 12.5 Å². The quantitative estimate of drug-likeness (QED) is 0.716. The third kappa shape index (κ3) is 4.91. The smallest absolute Gasteiger partial charge is 0.175 e. The fraction of sp³-hybridized carbons (Fsp3) is 0.538. The fourth-order valence-electron chi connectivity index (χ4n) is 1.67. The SMILES string of the molecule is COCCNCC(C)(O)c1ccc(S(C)(=O)=O)cc1. The van der Waals surface area contributed by atoms with E-state index in [4.69, 9.17) is 4.74 Å². The lowest BCUT2D eigenvalue weighted by molar-refractivity contribution is 0.0549. The van der Waals surface area contributed by atoms with Gasteiger partial charge in [0.1, 0.15) is 0 Å². The molecule has 0 aliphatic heterocycles. The van der Waals surface area contributed by atoms with Crippen LogP contribution in [0.5, 0.6) is 0 Å². The molecule has 0 saturated heterocycles. The number of hydrogen-bond acceptors (Lipinski definition) is 5. The number of methoxy groups -OCH3 is 1. The second-order valence-electron chi connectivity index (χ2n) is 4.74. The predicted molar refractivity (Wildman–Crippen MR) is 73.9 cm³/mol. The maximum Gasteiger partial charge on any atom is 0.175 e. The molecule has 6 heteroatoms. The van der Waals surface area contributed by atoms with E-state index in [1.807, 2.05) is 0 Å². The normalized spacial score (nSPS) is 15.2. The number of ether oxygens (including phenoxy) is 1. The summed E-state index contributed by atoms with van der Waals surface area (Å²) in [5, 5.41) is 13.4. The summed E-state index contributed by atoms with van der Waals surface area (Å²) in [6, 6.07) is 6.28. The summed E-state index contributed by atoms with van der Waals surface area (Å²) in [5.74, 6) is 0. The molecule has 1 unspecified atom stereocenters. The number of nitrogens with one attached hydrogen (secondary N) is 1. The first kappa shape index (κ1) is 16.1. The van der Waals surface area contributed by atoms with Gasteiger partial charge in [0, 0.05) is 26.5 Å². The lowest BCUT2D eigenvalue weighted by Gasteiger charge is -2.24. The number of benzene rings is 1. The van der Waals surface area contributed by atoms with Crippen LogP contribution in [0, 0.1) is 0 Å². The van der Waals surface area contributed by atoms with E-state index in [-0.39, 0.29) is 4.90 Å². The van der Waals surface area contributed by atoms with Crippen molar-refractivity contribution < 1.29 is 18.3 Å². The van der Waals surface area contributed by atoms with Gasteiger partial charge in [-0.05, 0) is 24.6 Å². The van der Waals surface area contributed by atoms with E-state index in [0.717, 1.165) is 6.26 Å². The zero-order valence-electron chi connectivity index (χ0n) is 11.5. The van der Waals surface area contributed by atoms with Crippen molar-refractivity contribution in [3.8, 4) is 0 Å². The molecular weight excluding hydrogens is 266 g/mol. The van der Waals surface area contributed by atoms with Crippen LogP contribution in [0.4, 0.5) is 0 Å². The summed E-state index contributed by atoms with van der Waals surface area (Å²) in [4.78, 5) is 0.249. The molecule has 0 aliphatic carbocycles. The standard InChI is InChI=1S/C13H21NO4S/c1-13(15,10-14-8-9-18-2)11-4-6-12(7-5-11)19(3,16)17/h4-7,14-15H,8-10H2,1-3H3. The van der Waals surface area contributed by atoms with Gasteiger partial charge in [-0.2, -0.15) is 0 Å².